The van der Waals surface area contributed by atoms with Gasteiger partial charge in [0.1, 0.15) is 17.6 Å². The van der Waals surface area contributed by atoms with E-state index in [0.717, 1.165) is 22.6 Å². The number of nitriles is 1. The second kappa shape index (κ2) is 5.98. The van der Waals surface area contributed by atoms with Crippen molar-refractivity contribution in [2.45, 2.75) is 6.42 Å². The van der Waals surface area contributed by atoms with Crippen molar-refractivity contribution in [3.63, 3.8) is 0 Å². The van der Waals surface area contributed by atoms with Gasteiger partial charge in [-0.15, -0.1) is 0 Å². The Morgan fingerprint density at radius 2 is 1.90 bits per heavy atom. The lowest BCUT2D eigenvalue weighted by Gasteiger charge is -2.11. The molecule has 0 atom stereocenters. The smallest absolute Gasteiger partial charge is 0.122 e. The standard InChI is InChI=1S/C16H16N2O2/c1-19-14-4-6-16(20-2)12(9-14)7-11-3-5-15(18)13(8-11)10-17/h3-6,8-9H,7,18H2,1-2H3. The molecule has 0 heterocycles. The zero-order valence-electron chi connectivity index (χ0n) is 11.5. The monoisotopic (exact) mass is 268 g/mol. The van der Waals surface area contributed by atoms with E-state index in [1.807, 2.05) is 24.3 Å². The van der Waals surface area contributed by atoms with E-state index >= 15 is 0 Å². The summed E-state index contributed by atoms with van der Waals surface area (Å²) in [5.41, 5.74) is 8.71. The molecule has 0 saturated heterocycles. The van der Waals surface area contributed by atoms with Crippen LogP contribution in [0.1, 0.15) is 16.7 Å². The van der Waals surface area contributed by atoms with Crippen LogP contribution in [0.15, 0.2) is 36.4 Å². The van der Waals surface area contributed by atoms with E-state index in [0.29, 0.717) is 17.7 Å². The molecule has 4 nitrogen and oxygen atoms in total. The Hall–Kier alpha value is -2.67. The largest absolute Gasteiger partial charge is 0.497 e. The summed E-state index contributed by atoms with van der Waals surface area (Å²) >= 11 is 0. The van der Waals surface area contributed by atoms with Crippen LogP contribution in [0, 0.1) is 11.3 Å². The highest BCUT2D eigenvalue weighted by Gasteiger charge is 2.08. The molecule has 0 aliphatic carbocycles. The lowest BCUT2D eigenvalue weighted by molar-refractivity contribution is 0.399. The first kappa shape index (κ1) is 13.8. The van der Waals surface area contributed by atoms with E-state index in [1.165, 1.54) is 0 Å². The minimum Gasteiger partial charge on any atom is -0.497 e. The number of anilines is 1. The van der Waals surface area contributed by atoms with Gasteiger partial charge in [-0.25, -0.2) is 0 Å². The van der Waals surface area contributed by atoms with Crippen LogP contribution < -0.4 is 15.2 Å². The normalized spacial score (nSPS) is 9.85. The predicted molar refractivity (Wildman–Crippen MR) is 77.9 cm³/mol. The topological polar surface area (TPSA) is 68.3 Å². The van der Waals surface area contributed by atoms with Crippen LogP contribution in [0.4, 0.5) is 5.69 Å². The van der Waals surface area contributed by atoms with Crippen LogP contribution in [0.5, 0.6) is 11.5 Å². The summed E-state index contributed by atoms with van der Waals surface area (Å²) in [6, 6.07) is 13.2. The van der Waals surface area contributed by atoms with E-state index in [9.17, 15) is 0 Å². The van der Waals surface area contributed by atoms with Gasteiger partial charge in [-0.05, 0) is 35.9 Å². The molecular weight excluding hydrogens is 252 g/mol. The Morgan fingerprint density at radius 3 is 2.55 bits per heavy atom. The highest BCUT2D eigenvalue weighted by atomic mass is 16.5. The van der Waals surface area contributed by atoms with Crippen molar-refractivity contribution in [3.8, 4) is 17.6 Å². The highest BCUT2D eigenvalue weighted by Crippen LogP contribution is 2.27. The summed E-state index contributed by atoms with van der Waals surface area (Å²) in [4.78, 5) is 0. The molecule has 0 saturated carbocycles. The van der Waals surface area contributed by atoms with Gasteiger partial charge in [0.15, 0.2) is 0 Å². The fourth-order valence-electron chi connectivity index (χ4n) is 2.05. The summed E-state index contributed by atoms with van der Waals surface area (Å²) in [6.07, 6.45) is 0.648. The van der Waals surface area contributed by atoms with Crippen molar-refractivity contribution in [2.75, 3.05) is 20.0 Å². The zero-order valence-corrected chi connectivity index (χ0v) is 11.5. The molecule has 0 aliphatic rings. The zero-order chi connectivity index (χ0) is 14.5. The predicted octanol–water partition coefficient (Wildman–Crippen LogP) is 2.75. The molecule has 0 radical (unpaired) electrons. The minimum absolute atomic E-state index is 0.490. The molecule has 0 spiro atoms. The molecule has 2 aromatic rings. The van der Waals surface area contributed by atoms with Gasteiger partial charge >= 0.3 is 0 Å². The Labute approximate surface area is 118 Å². The Morgan fingerprint density at radius 1 is 1.10 bits per heavy atom. The first-order chi connectivity index (χ1) is 9.67. The average Bonchev–Trinajstić information content (AvgIpc) is 2.49. The summed E-state index contributed by atoms with van der Waals surface area (Å²) < 4.78 is 10.6. The minimum atomic E-state index is 0.490. The van der Waals surface area contributed by atoms with Crippen molar-refractivity contribution in [3.05, 3.63) is 53.1 Å². The molecule has 0 aliphatic heterocycles. The Balaban J connectivity index is 2.36. The summed E-state index contributed by atoms with van der Waals surface area (Å²) in [5, 5.41) is 9.02. The van der Waals surface area contributed by atoms with E-state index in [-0.39, 0.29) is 0 Å². The molecule has 2 rings (SSSR count). The lowest BCUT2D eigenvalue weighted by atomic mass is 10.0. The second-order valence-corrected chi connectivity index (χ2v) is 4.39. The van der Waals surface area contributed by atoms with Crippen LogP contribution >= 0.6 is 0 Å². The molecule has 0 aromatic heterocycles. The maximum Gasteiger partial charge on any atom is 0.122 e. The van der Waals surface area contributed by atoms with Crippen molar-refractivity contribution >= 4 is 5.69 Å². The number of benzene rings is 2. The van der Waals surface area contributed by atoms with Crippen LogP contribution in [0.25, 0.3) is 0 Å². The molecule has 0 fully saturated rings. The van der Waals surface area contributed by atoms with E-state index in [2.05, 4.69) is 6.07 Å². The van der Waals surface area contributed by atoms with Gasteiger partial charge in [-0.3, -0.25) is 0 Å². The van der Waals surface area contributed by atoms with Crippen LogP contribution in [-0.4, -0.2) is 14.2 Å². The molecular formula is C16H16N2O2. The first-order valence-electron chi connectivity index (χ1n) is 6.17. The van der Waals surface area contributed by atoms with Gasteiger partial charge < -0.3 is 15.2 Å². The molecule has 20 heavy (non-hydrogen) atoms. The third kappa shape index (κ3) is 2.83. The molecule has 2 N–H and O–H groups in total. The molecule has 2 aromatic carbocycles. The molecule has 0 unspecified atom stereocenters. The van der Waals surface area contributed by atoms with Gasteiger partial charge in [-0.1, -0.05) is 6.07 Å². The van der Waals surface area contributed by atoms with E-state index in [4.69, 9.17) is 20.5 Å². The maximum absolute atomic E-state index is 9.02. The van der Waals surface area contributed by atoms with Gasteiger partial charge in [0.2, 0.25) is 0 Å². The number of ether oxygens (including phenoxy) is 2. The Kier molecular flexibility index (Phi) is 4.11. The summed E-state index contributed by atoms with van der Waals surface area (Å²) in [5.74, 6) is 1.57. The average molecular weight is 268 g/mol. The molecule has 0 amide bonds. The van der Waals surface area contributed by atoms with Gasteiger partial charge in [0, 0.05) is 17.7 Å². The number of rotatable bonds is 4. The van der Waals surface area contributed by atoms with Gasteiger partial charge in [0.25, 0.3) is 0 Å². The van der Waals surface area contributed by atoms with E-state index in [1.54, 1.807) is 26.4 Å². The van der Waals surface area contributed by atoms with Crippen molar-refractivity contribution in [1.82, 2.24) is 0 Å². The number of nitrogen functional groups attached to an aromatic ring is 1. The fourth-order valence-corrected chi connectivity index (χ4v) is 2.05. The molecule has 0 bridgehead atoms. The van der Waals surface area contributed by atoms with Crippen LogP contribution in [-0.2, 0) is 6.42 Å². The van der Waals surface area contributed by atoms with Crippen molar-refractivity contribution in [2.24, 2.45) is 0 Å². The van der Waals surface area contributed by atoms with E-state index < -0.39 is 0 Å². The van der Waals surface area contributed by atoms with Gasteiger partial charge in [-0.2, -0.15) is 5.26 Å². The number of hydrogen-bond donors (Lipinski definition) is 1. The second-order valence-electron chi connectivity index (χ2n) is 4.39. The number of nitrogens with zero attached hydrogens (tertiary/aromatic N) is 1. The van der Waals surface area contributed by atoms with Crippen molar-refractivity contribution < 1.29 is 9.47 Å². The van der Waals surface area contributed by atoms with Gasteiger partial charge in [0.05, 0.1) is 19.8 Å². The molecule has 4 heteroatoms. The lowest BCUT2D eigenvalue weighted by Crippen LogP contribution is -1.97. The number of methoxy groups -OCH3 is 2. The number of hydrogen-bond acceptors (Lipinski definition) is 4. The third-order valence-electron chi connectivity index (χ3n) is 3.12. The summed E-state index contributed by atoms with van der Waals surface area (Å²) in [6.45, 7) is 0. The first-order valence-corrected chi connectivity index (χ1v) is 6.17. The molecule has 102 valence electrons. The quantitative estimate of drug-likeness (QED) is 0.866. The fraction of sp³-hybridized carbons (Fsp3) is 0.188. The maximum atomic E-state index is 9.02. The Bertz CT molecular complexity index is 660. The van der Waals surface area contributed by atoms with Crippen LogP contribution in [0.2, 0.25) is 0 Å². The third-order valence-corrected chi connectivity index (χ3v) is 3.12. The summed E-state index contributed by atoms with van der Waals surface area (Å²) in [7, 11) is 3.26. The van der Waals surface area contributed by atoms with Crippen LogP contribution in [0.3, 0.4) is 0 Å². The number of nitrogens with two attached hydrogens (primary N) is 1. The van der Waals surface area contributed by atoms with Crippen molar-refractivity contribution in [1.29, 1.82) is 5.26 Å². The highest BCUT2D eigenvalue weighted by molar-refractivity contribution is 5.56. The SMILES string of the molecule is COc1ccc(OC)c(Cc2ccc(N)c(C#N)c2)c1.